The van der Waals surface area contributed by atoms with Gasteiger partial charge in [0.2, 0.25) is 5.91 Å². The smallest absolute Gasteiger partial charge is 0.230 e. The minimum Gasteiger partial charge on any atom is -0.310 e. The Kier molecular flexibility index (Phi) is 5.99. The van der Waals surface area contributed by atoms with Gasteiger partial charge in [-0.25, -0.2) is 4.68 Å². The molecule has 0 saturated heterocycles. The maximum Gasteiger partial charge on any atom is 0.230 e. The standard InChI is InChI=1S/C25H33N5O/c1-16(2)15-29-19(5)22(18(4)28-29)13-24(31)27-25-17(3)14-26-30(25)23-12-8-10-20-9-6-7-11-21(20)23/h6-7,9,11,14,16,23H,8,10,12-13,15H2,1-5H3,(H,27,31). The molecule has 0 fully saturated rings. The second-order valence-corrected chi connectivity index (χ2v) is 9.18. The fourth-order valence-corrected chi connectivity index (χ4v) is 4.67. The summed E-state index contributed by atoms with van der Waals surface area (Å²) in [5.41, 5.74) is 6.71. The van der Waals surface area contributed by atoms with E-state index in [0.717, 1.165) is 54.1 Å². The molecule has 0 aliphatic heterocycles. The van der Waals surface area contributed by atoms with Crippen LogP contribution < -0.4 is 5.32 Å². The van der Waals surface area contributed by atoms with Gasteiger partial charge < -0.3 is 5.32 Å². The number of nitrogens with one attached hydrogen (secondary N) is 1. The largest absolute Gasteiger partial charge is 0.310 e. The van der Waals surface area contributed by atoms with E-state index in [1.54, 1.807) is 0 Å². The van der Waals surface area contributed by atoms with Crippen molar-refractivity contribution in [3.05, 3.63) is 64.1 Å². The van der Waals surface area contributed by atoms with E-state index in [-0.39, 0.29) is 11.9 Å². The monoisotopic (exact) mass is 419 g/mol. The average molecular weight is 420 g/mol. The molecule has 1 N–H and O–H groups in total. The average Bonchev–Trinajstić information content (AvgIpc) is 3.21. The summed E-state index contributed by atoms with van der Waals surface area (Å²) in [6.45, 7) is 11.3. The molecule has 0 spiro atoms. The Morgan fingerprint density at radius 2 is 2.00 bits per heavy atom. The molecule has 1 aromatic carbocycles. The summed E-state index contributed by atoms with van der Waals surface area (Å²) in [6, 6.07) is 8.74. The van der Waals surface area contributed by atoms with Crippen LogP contribution in [0.1, 0.15) is 66.4 Å². The van der Waals surface area contributed by atoms with Crippen LogP contribution in [0, 0.1) is 26.7 Å². The second-order valence-electron chi connectivity index (χ2n) is 9.18. The van der Waals surface area contributed by atoms with Crippen molar-refractivity contribution in [1.29, 1.82) is 0 Å². The molecule has 4 rings (SSSR count). The van der Waals surface area contributed by atoms with Crippen molar-refractivity contribution in [1.82, 2.24) is 19.6 Å². The summed E-state index contributed by atoms with van der Waals surface area (Å²) in [7, 11) is 0. The fraction of sp³-hybridized carbons (Fsp3) is 0.480. The zero-order chi connectivity index (χ0) is 22.1. The number of carbonyl (C=O) groups is 1. The molecule has 1 aliphatic carbocycles. The van der Waals surface area contributed by atoms with Gasteiger partial charge in [-0.15, -0.1) is 0 Å². The Bertz CT molecular complexity index is 1090. The number of amides is 1. The Balaban J connectivity index is 1.56. The highest BCUT2D eigenvalue weighted by atomic mass is 16.1. The number of hydrogen-bond acceptors (Lipinski definition) is 3. The quantitative estimate of drug-likeness (QED) is 0.626. The second kappa shape index (κ2) is 8.69. The van der Waals surface area contributed by atoms with Crippen LogP contribution >= 0.6 is 0 Å². The van der Waals surface area contributed by atoms with Crippen LogP contribution in [-0.4, -0.2) is 25.5 Å². The highest BCUT2D eigenvalue weighted by Gasteiger charge is 2.26. The molecule has 6 heteroatoms. The van der Waals surface area contributed by atoms with Crippen LogP contribution in [0.5, 0.6) is 0 Å². The summed E-state index contributed by atoms with van der Waals surface area (Å²) >= 11 is 0. The SMILES string of the molecule is Cc1cnn(C2CCCc3ccccc32)c1NC(=O)Cc1c(C)nn(CC(C)C)c1C. The van der Waals surface area contributed by atoms with E-state index in [0.29, 0.717) is 12.3 Å². The van der Waals surface area contributed by atoms with Crippen LogP contribution in [0.25, 0.3) is 0 Å². The van der Waals surface area contributed by atoms with Gasteiger partial charge in [-0.3, -0.25) is 9.48 Å². The van der Waals surface area contributed by atoms with Crippen LogP contribution in [0.2, 0.25) is 0 Å². The first-order chi connectivity index (χ1) is 14.8. The number of aryl methyl sites for hydroxylation is 3. The maximum absolute atomic E-state index is 13.1. The number of hydrogen-bond donors (Lipinski definition) is 1. The molecule has 1 unspecified atom stereocenters. The fourth-order valence-electron chi connectivity index (χ4n) is 4.67. The van der Waals surface area contributed by atoms with Gasteiger partial charge in [0.1, 0.15) is 5.82 Å². The summed E-state index contributed by atoms with van der Waals surface area (Å²) in [5.74, 6) is 1.29. The van der Waals surface area contributed by atoms with Crippen molar-refractivity contribution in [2.75, 3.05) is 5.32 Å². The van der Waals surface area contributed by atoms with Crippen molar-refractivity contribution < 1.29 is 4.79 Å². The first-order valence-corrected chi connectivity index (χ1v) is 11.3. The lowest BCUT2D eigenvalue weighted by Crippen LogP contribution is -2.23. The zero-order valence-electron chi connectivity index (χ0n) is 19.3. The van der Waals surface area contributed by atoms with Crippen molar-refractivity contribution in [3.63, 3.8) is 0 Å². The van der Waals surface area contributed by atoms with E-state index in [4.69, 9.17) is 0 Å². The lowest BCUT2D eigenvalue weighted by Gasteiger charge is -2.27. The van der Waals surface area contributed by atoms with Gasteiger partial charge >= 0.3 is 0 Å². The molecule has 3 aromatic rings. The summed E-state index contributed by atoms with van der Waals surface area (Å²) in [5, 5.41) is 12.5. The van der Waals surface area contributed by atoms with Crippen LogP contribution in [-0.2, 0) is 24.2 Å². The Hall–Kier alpha value is -2.89. The molecule has 6 nitrogen and oxygen atoms in total. The predicted octanol–water partition coefficient (Wildman–Crippen LogP) is 4.77. The van der Waals surface area contributed by atoms with E-state index < -0.39 is 0 Å². The molecular formula is C25H33N5O. The van der Waals surface area contributed by atoms with Crippen molar-refractivity contribution in [3.8, 4) is 0 Å². The first-order valence-electron chi connectivity index (χ1n) is 11.3. The van der Waals surface area contributed by atoms with Crippen LogP contribution in [0.3, 0.4) is 0 Å². The molecule has 0 bridgehead atoms. The Morgan fingerprint density at radius 3 is 2.77 bits per heavy atom. The molecule has 31 heavy (non-hydrogen) atoms. The molecule has 164 valence electrons. The Morgan fingerprint density at radius 1 is 1.23 bits per heavy atom. The minimum absolute atomic E-state index is 0.0239. The number of aromatic nitrogens is 4. The van der Waals surface area contributed by atoms with Crippen molar-refractivity contribution in [2.24, 2.45) is 5.92 Å². The van der Waals surface area contributed by atoms with Crippen LogP contribution in [0.15, 0.2) is 30.5 Å². The number of nitrogens with zero attached hydrogens (tertiary/aromatic N) is 4. The molecule has 0 saturated carbocycles. The third kappa shape index (κ3) is 4.29. The van der Waals surface area contributed by atoms with Gasteiger partial charge in [0.05, 0.1) is 24.4 Å². The lowest BCUT2D eigenvalue weighted by molar-refractivity contribution is -0.115. The number of anilines is 1. The van der Waals surface area contributed by atoms with Gasteiger partial charge in [0.25, 0.3) is 0 Å². The van der Waals surface area contributed by atoms with Gasteiger partial charge in [-0.05, 0) is 57.1 Å². The van der Waals surface area contributed by atoms with Crippen molar-refractivity contribution in [2.45, 2.75) is 72.9 Å². The van der Waals surface area contributed by atoms with E-state index in [2.05, 4.69) is 60.6 Å². The van der Waals surface area contributed by atoms with Gasteiger partial charge in [0, 0.05) is 23.4 Å². The molecule has 2 aromatic heterocycles. The van der Waals surface area contributed by atoms with E-state index in [1.807, 2.05) is 29.4 Å². The number of rotatable bonds is 6. The van der Waals surface area contributed by atoms with Gasteiger partial charge in [-0.2, -0.15) is 10.2 Å². The van der Waals surface area contributed by atoms with Crippen molar-refractivity contribution >= 4 is 11.7 Å². The number of carbonyl (C=O) groups excluding carboxylic acids is 1. The molecular weight excluding hydrogens is 386 g/mol. The van der Waals surface area contributed by atoms with E-state index in [1.165, 1.54) is 11.1 Å². The summed E-state index contributed by atoms with van der Waals surface area (Å²) in [4.78, 5) is 13.1. The third-order valence-electron chi connectivity index (χ3n) is 6.28. The maximum atomic E-state index is 13.1. The third-order valence-corrected chi connectivity index (χ3v) is 6.28. The van der Waals surface area contributed by atoms with Gasteiger partial charge in [0.15, 0.2) is 0 Å². The lowest BCUT2D eigenvalue weighted by atomic mass is 9.88. The Labute approximate surface area is 184 Å². The molecule has 1 atom stereocenters. The predicted molar refractivity (Wildman–Crippen MR) is 123 cm³/mol. The highest BCUT2D eigenvalue weighted by molar-refractivity contribution is 5.92. The topological polar surface area (TPSA) is 64.7 Å². The van der Waals surface area contributed by atoms with E-state index >= 15 is 0 Å². The molecule has 0 radical (unpaired) electrons. The highest BCUT2D eigenvalue weighted by Crippen LogP contribution is 2.35. The summed E-state index contributed by atoms with van der Waals surface area (Å²) < 4.78 is 4.03. The zero-order valence-corrected chi connectivity index (χ0v) is 19.3. The normalized spacial score (nSPS) is 15.9. The van der Waals surface area contributed by atoms with Gasteiger partial charge in [-0.1, -0.05) is 38.1 Å². The molecule has 1 amide bonds. The molecule has 2 heterocycles. The van der Waals surface area contributed by atoms with Crippen LogP contribution in [0.4, 0.5) is 5.82 Å². The molecule has 1 aliphatic rings. The number of fused-ring (bicyclic) bond motifs is 1. The first kappa shape index (κ1) is 21.3. The van der Waals surface area contributed by atoms with E-state index in [9.17, 15) is 4.79 Å². The minimum atomic E-state index is -0.0239. The number of benzene rings is 1. The summed E-state index contributed by atoms with van der Waals surface area (Å²) in [6.07, 6.45) is 5.43.